The second kappa shape index (κ2) is 8.18. The highest BCUT2D eigenvalue weighted by Crippen LogP contribution is 2.25. The first-order valence-electron chi connectivity index (χ1n) is 7.34. The monoisotopic (exact) mass is 263 g/mol. The number of ether oxygens (including phenoxy) is 2. The minimum Gasteiger partial charge on any atom is -0.494 e. The molecule has 0 fully saturated rings. The average Bonchev–Trinajstić information content (AvgIpc) is 2.46. The molecule has 0 atom stereocenters. The van der Waals surface area contributed by atoms with Crippen LogP contribution in [0.4, 0.5) is 0 Å². The summed E-state index contributed by atoms with van der Waals surface area (Å²) in [5.74, 6) is 1.03. The van der Waals surface area contributed by atoms with E-state index in [1.165, 1.54) is 36.8 Å². The topological polar surface area (TPSA) is 30.5 Å². The number of hydrogen-bond acceptors (Lipinski definition) is 3. The van der Waals surface area contributed by atoms with Gasteiger partial charge in [-0.25, -0.2) is 0 Å². The Morgan fingerprint density at radius 3 is 2.74 bits per heavy atom. The minimum atomic E-state index is 0.770. The van der Waals surface area contributed by atoms with Crippen molar-refractivity contribution in [3.8, 4) is 5.75 Å². The van der Waals surface area contributed by atoms with E-state index in [1.54, 1.807) is 7.11 Å². The maximum atomic E-state index is 5.81. The lowest BCUT2D eigenvalue weighted by Crippen LogP contribution is -2.21. The van der Waals surface area contributed by atoms with Crippen LogP contribution in [0, 0.1) is 0 Å². The van der Waals surface area contributed by atoms with Crippen molar-refractivity contribution in [1.82, 2.24) is 5.32 Å². The summed E-state index contributed by atoms with van der Waals surface area (Å²) < 4.78 is 10.8. The maximum absolute atomic E-state index is 5.81. The second-order valence-corrected chi connectivity index (χ2v) is 5.08. The molecule has 2 rings (SSSR count). The summed E-state index contributed by atoms with van der Waals surface area (Å²) in [5.41, 5.74) is 3.00. The van der Waals surface area contributed by atoms with Crippen molar-refractivity contribution in [1.29, 1.82) is 0 Å². The van der Waals surface area contributed by atoms with E-state index in [0.29, 0.717) is 0 Å². The average molecular weight is 263 g/mol. The van der Waals surface area contributed by atoms with E-state index in [9.17, 15) is 0 Å². The zero-order valence-electron chi connectivity index (χ0n) is 11.9. The number of methoxy groups -OCH3 is 1. The van der Waals surface area contributed by atoms with Gasteiger partial charge in [-0.15, -0.1) is 0 Å². The van der Waals surface area contributed by atoms with Gasteiger partial charge in [0.25, 0.3) is 0 Å². The fourth-order valence-corrected chi connectivity index (χ4v) is 2.49. The number of hydrogen-bond donors (Lipinski definition) is 1. The quantitative estimate of drug-likeness (QED) is 0.731. The van der Waals surface area contributed by atoms with E-state index in [1.807, 2.05) is 0 Å². The van der Waals surface area contributed by atoms with Crippen LogP contribution in [0.25, 0.3) is 0 Å². The Hall–Kier alpha value is -1.06. The smallest absolute Gasteiger partial charge is 0.119 e. The Morgan fingerprint density at radius 2 is 1.89 bits per heavy atom. The van der Waals surface area contributed by atoms with Gasteiger partial charge in [-0.05, 0) is 61.9 Å². The Kier molecular flexibility index (Phi) is 6.18. The molecule has 1 aromatic carbocycles. The third-order valence-electron chi connectivity index (χ3n) is 3.57. The van der Waals surface area contributed by atoms with Gasteiger partial charge < -0.3 is 14.8 Å². The standard InChI is InChI=1S/C16H25NO2/c1-18-12-10-17-9-4-11-19-16-8-7-14-5-2-3-6-15(14)13-16/h7-8,13,17H,2-6,9-12H2,1H3. The van der Waals surface area contributed by atoms with Gasteiger partial charge >= 0.3 is 0 Å². The first-order chi connectivity index (χ1) is 9.40. The predicted molar refractivity (Wildman–Crippen MR) is 77.9 cm³/mol. The molecule has 0 bridgehead atoms. The lowest BCUT2D eigenvalue weighted by atomic mass is 9.92. The summed E-state index contributed by atoms with van der Waals surface area (Å²) in [6.45, 7) is 3.44. The predicted octanol–water partition coefficient (Wildman–Crippen LogP) is 2.57. The Morgan fingerprint density at radius 1 is 1.05 bits per heavy atom. The molecule has 0 aromatic heterocycles. The van der Waals surface area contributed by atoms with Crippen molar-refractivity contribution < 1.29 is 9.47 Å². The highest BCUT2D eigenvalue weighted by molar-refractivity contribution is 5.37. The molecule has 0 heterocycles. The van der Waals surface area contributed by atoms with Crippen LogP contribution in [0.1, 0.15) is 30.4 Å². The normalized spacial score (nSPS) is 14.2. The summed E-state index contributed by atoms with van der Waals surface area (Å²) in [6.07, 6.45) is 6.13. The van der Waals surface area contributed by atoms with Crippen molar-refractivity contribution >= 4 is 0 Å². The fourth-order valence-electron chi connectivity index (χ4n) is 2.49. The van der Waals surface area contributed by atoms with E-state index < -0.39 is 0 Å². The Labute approximate surface area is 116 Å². The highest BCUT2D eigenvalue weighted by atomic mass is 16.5. The fraction of sp³-hybridized carbons (Fsp3) is 0.625. The van der Waals surface area contributed by atoms with Crippen LogP contribution >= 0.6 is 0 Å². The summed E-state index contributed by atoms with van der Waals surface area (Å²) in [7, 11) is 1.72. The third-order valence-corrected chi connectivity index (χ3v) is 3.57. The molecule has 19 heavy (non-hydrogen) atoms. The zero-order chi connectivity index (χ0) is 13.3. The molecule has 0 saturated carbocycles. The first kappa shape index (κ1) is 14.4. The van der Waals surface area contributed by atoms with Crippen LogP contribution in [0.2, 0.25) is 0 Å². The number of aryl methyl sites for hydroxylation is 2. The van der Waals surface area contributed by atoms with Crippen LogP contribution in [0.15, 0.2) is 18.2 Å². The summed E-state index contributed by atoms with van der Waals surface area (Å²) >= 11 is 0. The SMILES string of the molecule is COCCNCCCOc1ccc2c(c1)CCCC2. The molecular weight excluding hydrogens is 238 g/mol. The molecule has 0 aliphatic heterocycles. The molecule has 3 nitrogen and oxygen atoms in total. The van der Waals surface area contributed by atoms with Gasteiger partial charge in [0.15, 0.2) is 0 Å². The molecule has 1 aliphatic carbocycles. The molecule has 0 saturated heterocycles. The highest BCUT2D eigenvalue weighted by Gasteiger charge is 2.09. The van der Waals surface area contributed by atoms with Crippen molar-refractivity contribution in [3.63, 3.8) is 0 Å². The van der Waals surface area contributed by atoms with Crippen LogP contribution in [0.5, 0.6) is 5.75 Å². The number of nitrogens with one attached hydrogen (secondary N) is 1. The van der Waals surface area contributed by atoms with Crippen molar-refractivity contribution in [3.05, 3.63) is 29.3 Å². The number of fused-ring (bicyclic) bond motifs is 1. The Bertz CT molecular complexity index is 379. The van der Waals surface area contributed by atoms with Crippen LogP contribution in [0.3, 0.4) is 0 Å². The number of rotatable bonds is 8. The molecule has 1 N–H and O–H groups in total. The van der Waals surface area contributed by atoms with E-state index in [2.05, 4.69) is 23.5 Å². The van der Waals surface area contributed by atoms with Gasteiger partial charge in [-0.1, -0.05) is 6.07 Å². The first-order valence-corrected chi connectivity index (χ1v) is 7.34. The van der Waals surface area contributed by atoms with Crippen molar-refractivity contribution in [2.75, 3.05) is 33.4 Å². The van der Waals surface area contributed by atoms with Gasteiger partial charge in [0, 0.05) is 13.7 Å². The largest absolute Gasteiger partial charge is 0.494 e. The third kappa shape index (κ3) is 4.84. The minimum absolute atomic E-state index is 0.770. The van der Waals surface area contributed by atoms with E-state index in [4.69, 9.17) is 9.47 Å². The van der Waals surface area contributed by atoms with Crippen molar-refractivity contribution in [2.24, 2.45) is 0 Å². The molecule has 106 valence electrons. The molecule has 0 unspecified atom stereocenters. The van der Waals surface area contributed by atoms with Crippen LogP contribution in [-0.2, 0) is 17.6 Å². The molecule has 1 aliphatic rings. The zero-order valence-corrected chi connectivity index (χ0v) is 11.9. The van der Waals surface area contributed by atoms with Gasteiger partial charge in [-0.2, -0.15) is 0 Å². The van der Waals surface area contributed by atoms with E-state index >= 15 is 0 Å². The molecule has 0 amide bonds. The summed E-state index contributed by atoms with van der Waals surface area (Å²) in [6, 6.07) is 6.58. The molecule has 0 radical (unpaired) electrons. The van der Waals surface area contributed by atoms with Gasteiger partial charge in [0.1, 0.15) is 5.75 Å². The molecule has 0 spiro atoms. The molecular formula is C16H25NO2. The molecule has 1 aromatic rings. The maximum Gasteiger partial charge on any atom is 0.119 e. The summed E-state index contributed by atoms with van der Waals surface area (Å²) in [4.78, 5) is 0. The van der Waals surface area contributed by atoms with Crippen molar-refractivity contribution in [2.45, 2.75) is 32.1 Å². The second-order valence-electron chi connectivity index (χ2n) is 5.08. The summed E-state index contributed by atoms with van der Waals surface area (Å²) in [5, 5.41) is 3.32. The Balaban J connectivity index is 1.66. The lowest BCUT2D eigenvalue weighted by molar-refractivity contribution is 0.198. The molecule has 3 heteroatoms. The van der Waals surface area contributed by atoms with Crippen LogP contribution < -0.4 is 10.1 Å². The van der Waals surface area contributed by atoms with E-state index in [0.717, 1.165) is 38.5 Å². The van der Waals surface area contributed by atoms with Gasteiger partial charge in [0.2, 0.25) is 0 Å². The van der Waals surface area contributed by atoms with E-state index in [-0.39, 0.29) is 0 Å². The number of benzene rings is 1. The van der Waals surface area contributed by atoms with Crippen LogP contribution in [-0.4, -0.2) is 33.4 Å². The van der Waals surface area contributed by atoms with Gasteiger partial charge in [-0.3, -0.25) is 0 Å². The van der Waals surface area contributed by atoms with Gasteiger partial charge in [0.05, 0.1) is 13.2 Å². The lowest BCUT2D eigenvalue weighted by Gasteiger charge is -2.16.